The normalized spacial score (nSPS) is 20.4. The van der Waals surface area contributed by atoms with Crippen LogP contribution in [0, 0.1) is 22.7 Å². The second-order valence-electron chi connectivity index (χ2n) is 15.0. The molecule has 2 heterocycles. The third-order valence-corrected chi connectivity index (χ3v) is 8.74. The van der Waals surface area contributed by atoms with Crippen molar-refractivity contribution in [1.29, 1.82) is 0 Å². The number of nitrogens with two attached hydrogens (primary N) is 1. The number of rotatable bonds is 12. The number of nitrogens with one attached hydrogen (secondary N) is 3. The minimum atomic E-state index is -1.12. The van der Waals surface area contributed by atoms with E-state index in [4.69, 9.17) is 15.2 Å². The molecule has 13 nitrogen and oxygen atoms in total. The van der Waals surface area contributed by atoms with Crippen LogP contribution in [0.4, 0.5) is 4.79 Å². The van der Waals surface area contributed by atoms with Gasteiger partial charge in [-0.1, -0.05) is 81.1 Å². The van der Waals surface area contributed by atoms with Crippen LogP contribution < -0.4 is 21.7 Å². The van der Waals surface area contributed by atoms with Crippen molar-refractivity contribution in [3.63, 3.8) is 0 Å². The predicted molar refractivity (Wildman–Crippen MR) is 181 cm³/mol. The minimum absolute atomic E-state index is 0.0583. The summed E-state index contributed by atoms with van der Waals surface area (Å²) < 4.78 is 10.4. The van der Waals surface area contributed by atoms with Gasteiger partial charge < -0.3 is 36.1 Å². The zero-order valence-electron chi connectivity index (χ0n) is 30.0. The number of ether oxygens (including phenoxy) is 2. The lowest BCUT2D eigenvalue weighted by Crippen LogP contribution is -2.60. The molecule has 13 heteroatoms. The van der Waals surface area contributed by atoms with Gasteiger partial charge in [-0.2, -0.15) is 0 Å². The number of primary amides is 1. The Morgan fingerprint density at radius 2 is 1.69 bits per heavy atom. The quantitative estimate of drug-likeness (QED) is 0.179. The summed E-state index contributed by atoms with van der Waals surface area (Å²) in [7, 11) is 0. The van der Waals surface area contributed by atoms with Crippen molar-refractivity contribution < 1.29 is 38.2 Å². The highest BCUT2D eigenvalue weighted by molar-refractivity contribution is 6.37. The number of urea groups is 1. The summed E-state index contributed by atoms with van der Waals surface area (Å²) in [5, 5.41) is 7.85. The molecule has 0 aromatic rings. The standard InChI is InChI=1S/C32H49N5O8.C3H8/c1-31(2,3)20-15-23(28(41)35-22(25(39)27(33)40)14-19-10-9-11-19)37(17-20)29(42)26(32(4,5)6)36-30(43)34-16-24(38)45-18-21-12-7-8-13-44-21;1-3-2/h8,12-13,19-20,22-23,26H,7,9-11,14-18H2,1-6H3,(H2,33,40)(H,35,41)(H2,34,36,43);3H2,1-2H3/t20-,22?,23?,26?;/m1./s1. The van der Waals surface area contributed by atoms with Crippen LogP contribution in [0.1, 0.15) is 100 Å². The summed E-state index contributed by atoms with van der Waals surface area (Å²) in [6, 6.07) is -3.81. The Labute approximate surface area is 285 Å². The van der Waals surface area contributed by atoms with E-state index in [2.05, 4.69) is 29.8 Å². The topological polar surface area (TPSA) is 186 Å². The van der Waals surface area contributed by atoms with Gasteiger partial charge in [-0.15, -0.1) is 0 Å². The van der Waals surface area contributed by atoms with Gasteiger partial charge in [0.15, 0.2) is 0 Å². The molecule has 0 bridgehead atoms. The molecule has 0 aromatic heterocycles. The Morgan fingerprint density at radius 3 is 2.19 bits per heavy atom. The van der Waals surface area contributed by atoms with Crippen molar-refractivity contribution in [2.24, 2.45) is 28.4 Å². The number of nitrogens with zero attached hydrogens (tertiary/aromatic N) is 1. The van der Waals surface area contributed by atoms with Gasteiger partial charge in [-0.25, -0.2) is 4.79 Å². The first-order valence-electron chi connectivity index (χ1n) is 17.0. The van der Waals surface area contributed by atoms with E-state index in [0.717, 1.165) is 19.3 Å². The first-order valence-corrected chi connectivity index (χ1v) is 17.0. The fourth-order valence-corrected chi connectivity index (χ4v) is 5.57. The maximum Gasteiger partial charge on any atom is 0.325 e. The first kappa shape index (κ1) is 40.3. The molecule has 48 heavy (non-hydrogen) atoms. The van der Waals surface area contributed by atoms with E-state index in [1.54, 1.807) is 26.8 Å². The molecule has 3 aliphatic rings. The van der Waals surface area contributed by atoms with Crippen molar-refractivity contribution in [1.82, 2.24) is 20.9 Å². The van der Waals surface area contributed by atoms with Gasteiger partial charge in [0.05, 0.1) is 12.3 Å². The Balaban J connectivity index is 0.00000257. The Morgan fingerprint density at radius 1 is 1.04 bits per heavy atom. The number of esters is 1. The number of allylic oxidation sites excluding steroid dienone is 2. The molecular formula is C35H57N5O8. The molecule has 0 aromatic carbocycles. The number of hydrogen-bond acceptors (Lipinski definition) is 8. The number of ketones is 1. The summed E-state index contributed by atoms with van der Waals surface area (Å²) in [5.74, 6) is -3.04. The summed E-state index contributed by atoms with van der Waals surface area (Å²) in [6.45, 7) is 15.4. The molecule has 1 saturated heterocycles. The van der Waals surface area contributed by atoms with Crippen LogP contribution in [-0.4, -0.2) is 78.2 Å². The maximum atomic E-state index is 14.1. The van der Waals surface area contributed by atoms with Gasteiger partial charge in [-0.05, 0) is 54.1 Å². The van der Waals surface area contributed by atoms with Gasteiger partial charge in [0.1, 0.15) is 31.0 Å². The number of hydrogen-bond donors (Lipinski definition) is 4. The summed E-state index contributed by atoms with van der Waals surface area (Å²) in [5.41, 5.74) is 4.27. The van der Waals surface area contributed by atoms with E-state index in [1.807, 2.05) is 26.8 Å². The smallest absolute Gasteiger partial charge is 0.325 e. The fourth-order valence-electron chi connectivity index (χ4n) is 5.57. The molecule has 5 amide bonds. The SMILES string of the molecule is CC(C)(C)C(NC(=O)NCC(=O)OCC1=CCC=CO1)C(=O)N1C[C@H](C(C)(C)C)CC1C(=O)NC(CC1CCC1)C(=O)C(N)=O.CCC. The highest BCUT2D eigenvalue weighted by Gasteiger charge is 2.48. The summed E-state index contributed by atoms with van der Waals surface area (Å²) in [6.07, 6.45) is 10.5. The molecule has 0 radical (unpaired) electrons. The third kappa shape index (κ3) is 12.3. The van der Waals surface area contributed by atoms with Gasteiger partial charge in [-0.3, -0.25) is 24.0 Å². The average Bonchev–Trinajstić information content (AvgIpc) is 3.45. The molecule has 2 fully saturated rings. The largest absolute Gasteiger partial charge is 0.466 e. The van der Waals surface area contributed by atoms with E-state index >= 15 is 0 Å². The van der Waals surface area contributed by atoms with E-state index in [0.29, 0.717) is 25.0 Å². The number of carbonyl (C=O) groups excluding carboxylic acids is 6. The van der Waals surface area contributed by atoms with Gasteiger partial charge in [0, 0.05) is 6.54 Å². The Hall–Kier alpha value is -3.90. The second-order valence-corrected chi connectivity index (χ2v) is 15.0. The number of amides is 5. The van der Waals surface area contributed by atoms with Crippen molar-refractivity contribution in [2.45, 2.75) is 118 Å². The van der Waals surface area contributed by atoms with Crippen molar-refractivity contribution in [3.8, 4) is 0 Å². The molecule has 1 saturated carbocycles. The monoisotopic (exact) mass is 675 g/mol. The lowest BCUT2D eigenvalue weighted by Gasteiger charge is -2.36. The lowest BCUT2D eigenvalue weighted by atomic mass is 9.79. The third-order valence-electron chi connectivity index (χ3n) is 8.74. The highest BCUT2D eigenvalue weighted by atomic mass is 16.6. The second kappa shape index (κ2) is 18.0. The van der Waals surface area contributed by atoms with E-state index < -0.39 is 65.6 Å². The van der Waals surface area contributed by atoms with E-state index in [1.165, 1.54) is 17.6 Å². The van der Waals surface area contributed by atoms with Gasteiger partial charge >= 0.3 is 12.0 Å². The Kier molecular flexibility index (Phi) is 15.1. The first-order chi connectivity index (χ1) is 22.4. The van der Waals surface area contributed by atoms with Gasteiger partial charge in [0.2, 0.25) is 17.6 Å². The number of likely N-dealkylation sites (tertiary alicyclic amines) is 1. The number of carbonyl (C=O) groups is 6. The fraction of sp³-hybridized carbons (Fsp3) is 0.714. The molecule has 3 unspecified atom stereocenters. The Bertz CT molecular complexity index is 1230. The number of Topliss-reactive ketones (excluding diaryl/α,β-unsaturated/α-hetero) is 1. The van der Waals surface area contributed by atoms with Crippen LogP contribution in [0.25, 0.3) is 0 Å². The van der Waals surface area contributed by atoms with Crippen LogP contribution in [0.3, 0.4) is 0 Å². The molecule has 4 atom stereocenters. The molecule has 270 valence electrons. The van der Waals surface area contributed by atoms with Gasteiger partial charge in [0.25, 0.3) is 5.91 Å². The van der Waals surface area contributed by atoms with Crippen molar-refractivity contribution in [3.05, 3.63) is 24.2 Å². The average molecular weight is 676 g/mol. The summed E-state index contributed by atoms with van der Waals surface area (Å²) >= 11 is 0. The molecule has 0 spiro atoms. The van der Waals surface area contributed by atoms with Crippen LogP contribution in [0.15, 0.2) is 24.2 Å². The molecule has 1 aliphatic carbocycles. The predicted octanol–water partition coefficient (Wildman–Crippen LogP) is 3.47. The van der Waals surface area contributed by atoms with Crippen molar-refractivity contribution in [2.75, 3.05) is 19.7 Å². The minimum Gasteiger partial charge on any atom is -0.466 e. The maximum absolute atomic E-state index is 14.1. The molecule has 3 rings (SSSR count). The zero-order chi connectivity index (χ0) is 36.2. The zero-order valence-corrected chi connectivity index (χ0v) is 30.0. The highest BCUT2D eigenvalue weighted by Crippen LogP contribution is 2.38. The summed E-state index contributed by atoms with van der Waals surface area (Å²) in [4.78, 5) is 78.8. The van der Waals surface area contributed by atoms with Crippen LogP contribution in [0.5, 0.6) is 0 Å². The molecule has 2 aliphatic heterocycles. The van der Waals surface area contributed by atoms with Crippen molar-refractivity contribution >= 4 is 35.5 Å². The van der Waals surface area contributed by atoms with E-state index in [9.17, 15) is 28.8 Å². The molecular weight excluding hydrogens is 618 g/mol. The van der Waals surface area contributed by atoms with Crippen LogP contribution in [-0.2, 0) is 33.4 Å². The van der Waals surface area contributed by atoms with Crippen LogP contribution in [0.2, 0.25) is 0 Å². The lowest BCUT2D eigenvalue weighted by molar-refractivity contribution is -0.143. The van der Waals surface area contributed by atoms with Crippen LogP contribution >= 0.6 is 0 Å². The van der Waals surface area contributed by atoms with E-state index in [-0.39, 0.29) is 30.4 Å². The molecule has 5 N–H and O–H groups in total.